The topological polar surface area (TPSA) is 81.6 Å². The molecule has 14 heavy (non-hydrogen) atoms. The summed E-state index contributed by atoms with van der Waals surface area (Å²) < 4.78 is 0. The van der Waals surface area contributed by atoms with E-state index in [9.17, 15) is 4.79 Å². The lowest BCUT2D eigenvalue weighted by molar-refractivity contribution is -0.135. The molecule has 0 amide bonds. The highest BCUT2D eigenvalue weighted by Crippen LogP contribution is 1.91. The van der Waals surface area contributed by atoms with Gasteiger partial charge in [0.25, 0.3) is 0 Å². The predicted octanol–water partition coefficient (Wildman–Crippen LogP) is -1.48. The van der Waals surface area contributed by atoms with Gasteiger partial charge in [0, 0.05) is 13.1 Å². The van der Waals surface area contributed by atoms with Gasteiger partial charge in [-0.1, -0.05) is 6.42 Å². The molecule has 0 saturated heterocycles. The van der Waals surface area contributed by atoms with Crippen LogP contribution in [0.25, 0.3) is 0 Å². The SMILES string of the molecule is O=C(O)CNCCNCCCC[SiH2]O. The Morgan fingerprint density at radius 3 is 2.50 bits per heavy atom. The van der Waals surface area contributed by atoms with Crippen LogP contribution in [-0.4, -0.2) is 51.8 Å². The molecule has 0 saturated carbocycles. The van der Waals surface area contributed by atoms with Gasteiger partial charge in [-0.25, -0.2) is 0 Å². The number of carbonyl (C=O) groups is 1. The molecule has 0 spiro atoms. The van der Waals surface area contributed by atoms with Gasteiger partial charge in [0.15, 0.2) is 9.76 Å². The minimum absolute atomic E-state index is 0.0256. The molecule has 5 nitrogen and oxygen atoms in total. The van der Waals surface area contributed by atoms with Gasteiger partial charge in [-0.2, -0.15) is 0 Å². The number of aliphatic carboxylic acids is 1. The van der Waals surface area contributed by atoms with Crippen LogP contribution in [0.15, 0.2) is 0 Å². The lowest BCUT2D eigenvalue weighted by atomic mass is 10.3. The summed E-state index contributed by atoms with van der Waals surface area (Å²) in [6.45, 7) is 2.45. The van der Waals surface area contributed by atoms with E-state index in [1.807, 2.05) is 0 Å². The molecule has 0 atom stereocenters. The largest absolute Gasteiger partial charge is 0.480 e. The maximum Gasteiger partial charge on any atom is 0.317 e. The van der Waals surface area contributed by atoms with Crippen LogP contribution in [0.3, 0.4) is 0 Å². The van der Waals surface area contributed by atoms with E-state index in [1.165, 1.54) is 0 Å². The molecule has 0 aliphatic heterocycles. The van der Waals surface area contributed by atoms with Gasteiger partial charge in [0.2, 0.25) is 0 Å². The maximum atomic E-state index is 10.1. The first-order chi connectivity index (χ1) is 6.77. The number of carboxylic acids is 1. The Hall–Kier alpha value is -0.433. The summed E-state index contributed by atoms with van der Waals surface area (Å²) in [4.78, 5) is 18.7. The summed E-state index contributed by atoms with van der Waals surface area (Å²) in [6.07, 6.45) is 2.19. The highest BCUT2D eigenvalue weighted by atomic mass is 28.2. The van der Waals surface area contributed by atoms with E-state index in [4.69, 9.17) is 9.90 Å². The molecule has 0 aromatic heterocycles. The second-order valence-corrected chi connectivity index (χ2v) is 4.26. The highest BCUT2D eigenvalue weighted by Gasteiger charge is 1.93. The third-order valence-electron chi connectivity index (χ3n) is 1.77. The standard InChI is InChI=1S/C8H20N2O3Si/c11-8(12)7-10-5-4-9-3-1-2-6-14-13/h9-10,13H,1-7,14H2,(H,11,12). The van der Waals surface area contributed by atoms with Crippen LogP contribution in [0.2, 0.25) is 6.04 Å². The molecule has 0 heterocycles. The molecular formula is C8H20N2O3Si. The quantitative estimate of drug-likeness (QED) is 0.267. The smallest absolute Gasteiger partial charge is 0.317 e. The van der Waals surface area contributed by atoms with E-state index in [1.54, 1.807) is 0 Å². The van der Waals surface area contributed by atoms with Crippen molar-refractivity contribution in [3.05, 3.63) is 0 Å². The number of hydrogen-bond donors (Lipinski definition) is 4. The van der Waals surface area contributed by atoms with Crippen LogP contribution < -0.4 is 10.6 Å². The molecule has 0 aromatic rings. The average Bonchev–Trinajstić information content (AvgIpc) is 2.15. The van der Waals surface area contributed by atoms with Gasteiger partial charge < -0.3 is 20.5 Å². The Bertz CT molecular complexity index is 147. The van der Waals surface area contributed by atoms with Gasteiger partial charge in [-0.05, 0) is 19.0 Å². The van der Waals surface area contributed by atoms with E-state index in [-0.39, 0.29) is 6.54 Å². The molecule has 6 heteroatoms. The molecule has 4 N–H and O–H groups in total. The normalized spacial score (nSPS) is 11.2. The van der Waals surface area contributed by atoms with Crippen molar-refractivity contribution in [2.45, 2.75) is 18.9 Å². The summed E-state index contributed by atoms with van der Waals surface area (Å²) in [6, 6.07) is 0.999. The Labute approximate surface area is 86.8 Å². The van der Waals surface area contributed by atoms with Crippen molar-refractivity contribution >= 4 is 15.7 Å². The fourth-order valence-electron chi connectivity index (χ4n) is 1.04. The van der Waals surface area contributed by atoms with E-state index in [2.05, 4.69) is 10.6 Å². The Morgan fingerprint density at radius 1 is 1.14 bits per heavy atom. The first-order valence-corrected chi connectivity index (χ1v) is 6.64. The lowest BCUT2D eigenvalue weighted by Crippen LogP contribution is -2.31. The number of rotatable bonds is 10. The van der Waals surface area contributed by atoms with Crippen molar-refractivity contribution < 1.29 is 14.7 Å². The first kappa shape index (κ1) is 13.6. The summed E-state index contributed by atoms with van der Waals surface area (Å²) in [5, 5.41) is 14.3. The molecule has 0 radical (unpaired) electrons. The molecule has 0 aromatic carbocycles. The van der Waals surface area contributed by atoms with Gasteiger partial charge in [0.1, 0.15) is 0 Å². The third kappa shape index (κ3) is 11.6. The van der Waals surface area contributed by atoms with Crippen LogP contribution >= 0.6 is 0 Å². The van der Waals surface area contributed by atoms with Crippen LogP contribution in [0.5, 0.6) is 0 Å². The summed E-state index contributed by atoms with van der Waals surface area (Å²) in [7, 11) is -0.748. The van der Waals surface area contributed by atoms with Crippen molar-refractivity contribution in [2.24, 2.45) is 0 Å². The highest BCUT2D eigenvalue weighted by molar-refractivity contribution is 6.25. The van der Waals surface area contributed by atoms with Gasteiger partial charge in [-0.15, -0.1) is 0 Å². The Kier molecular flexibility index (Phi) is 10.3. The number of unbranched alkanes of at least 4 members (excludes halogenated alkanes) is 1. The monoisotopic (exact) mass is 220 g/mol. The molecule has 0 unspecified atom stereocenters. The zero-order valence-electron chi connectivity index (χ0n) is 8.46. The molecule has 84 valence electrons. The van der Waals surface area contributed by atoms with Gasteiger partial charge in [0.05, 0.1) is 6.54 Å². The summed E-state index contributed by atoms with van der Waals surface area (Å²) in [5.41, 5.74) is 0. The first-order valence-electron chi connectivity index (χ1n) is 5.01. The molecule has 0 fully saturated rings. The third-order valence-corrected chi connectivity index (χ3v) is 2.58. The van der Waals surface area contributed by atoms with Crippen LogP contribution in [0.4, 0.5) is 0 Å². The Balaban J connectivity index is 2.88. The maximum absolute atomic E-state index is 10.1. The Morgan fingerprint density at radius 2 is 1.86 bits per heavy atom. The van der Waals surface area contributed by atoms with E-state index in [0.717, 1.165) is 32.0 Å². The van der Waals surface area contributed by atoms with Crippen molar-refractivity contribution in [2.75, 3.05) is 26.2 Å². The second kappa shape index (κ2) is 10.6. The zero-order valence-corrected chi connectivity index (χ0v) is 9.87. The number of carboxylic acid groups (broad SMARTS) is 1. The van der Waals surface area contributed by atoms with Gasteiger partial charge >= 0.3 is 5.97 Å². The summed E-state index contributed by atoms with van der Waals surface area (Å²) >= 11 is 0. The minimum Gasteiger partial charge on any atom is -0.480 e. The van der Waals surface area contributed by atoms with Crippen LogP contribution in [0.1, 0.15) is 12.8 Å². The lowest BCUT2D eigenvalue weighted by Gasteiger charge is -2.04. The average molecular weight is 220 g/mol. The van der Waals surface area contributed by atoms with E-state index < -0.39 is 15.7 Å². The van der Waals surface area contributed by atoms with Crippen molar-refractivity contribution in [3.8, 4) is 0 Å². The van der Waals surface area contributed by atoms with Crippen molar-refractivity contribution in [1.82, 2.24) is 10.6 Å². The number of nitrogens with one attached hydrogen (secondary N) is 2. The predicted molar refractivity (Wildman–Crippen MR) is 58.2 cm³/mol. The van der Waals surface area contributed by atoms with E-state index >= 15 is 0 Å². The van der Waals surface area contributed by atoms with E-state index in [0.29, 0.717) is 6.54 Å². The van der Waals surface area contributed by atoms with Crippen molar-refractivity contribution in [3.63, 3.8) is 0 Å². The molecule has 0 aliphatic carbocycles. The zero-order chi connectivity index (χ0) is 10.6. The molecular weight excluding hydrogens is 200 g/mol. The fourth-order valence-corrected chi connectivity index (χ4v) is 1.61. The molecule has 0 aliphatic rings. The van der Waals surface area contributed by atoms with Crippen LogP contribution in [-0.2, 0) is 4.79 Å². The minimum atomic E-state index is -0.821. The van der Waals surface area contributed by atoms with Crippen molar-refractivity contribution in [1.29, 1.82) is 0 Å². The molecule has 0 bridgehead atoms. The van der Waals surface area contributed by atoms with Crippen LogP contribution in [0, 0.1) is 0 Å². The summed E-state index contributed by atoms with van der Waals surface area (Å²) in [5.74, 6) is -0.821. The number of hydrogen-bond acceptors (Lipinski definition) is 4. The molecule has 0 rings (SSSR count). The second-order valence-electron chi connectivity index (χ2n) is 3.10. The fraction of sp³-hybridized carbons (Fsp3) is 0.875. The van der Waals surface area contributed by atoms with Gasteiger partial charge in [-0.3, -0.25) is 4.79 Å².